The SMILES string of the molecule is Cn1cc(C(NC(=O)Cc2csc(N)n2)C(=O)O)cn1. The van der Waals surface area contributed by atoms with Crippen molar-refractivity contribution in [2.75, 3.05) is 5.73 Å². The predicted octanol–water partition coefficient (Wildman–Crippen LogP) is -0.0566. The van der Waals surface area contributed by atoms with Crippen LogP contribution in [0.2, 0.25) is 0 Å². The van der Waals surface area contributed by atoms with Gasteiger partial charge in [-0.25, -0.2) is 9.78 Å². The number of amides is 1. The Morgan fingerprint density at radius 3 is 2.85 bits per heavy atom. The summed E-state index contributed by atoms with van der Waals surface area (Å²) in [6, 6.07) is -1.13. The second-order valence-electron chi connectivity index (χ2n) is 4.14. The Hall–Kier alpha value is -2.42. The van der Waals surface area contributed by atoms with Crippen molar-refractivity contribution in [2.24, 2.45) is 7.05 Å². The van der Waals surface area contributed by atoms with Crippen molar-refractivity contribution in [1.29, 1.82) is 0 Å². The van der Waals surface area contributed by atoms with E-state index in [0.717, 1.165) is 0 Å². The van der Waals surface area contributed by atoms with Crippen LogP contribution in [-0.4, -0.2) is 31.7 Å². The van der Waals surface area contributed by atoms with E-state index >= 15 is 0 Å². The van der Waals surface area contributed by atoms with Gasteiger partial charge >= 0.3 is 5.97 Å². The normalized spacial score (nSPS) is 12.1. The molecule has 1 amide bonds. The molecule has 0 saturated heterocycles. The maximum absolute atomic E-state index is 11.8. The summed E-state index contributed by atoms with van der Waals surface area (Å²) < 4.78 is 1.47. The van der Waals surface area contributed by atoms with Gasteiger partial charge in [0.1, 0.15) is 0 Å². The zero-order valence-corrected chi connectivity index (χ0v) is 11.4. The monoisotopic (exact) mass is 295 g/mol. The third kappa shape index (κ3) is 3.32. The van der Waals surface area contributed by atoms with E-state index < -0.39 is 17.9 Å². The van der Waals surface area contributed by atoms with Crippen molar-refractivity contribution in [3.63, 3.8) is 0 Å². The largest absolute Gasteiger partial charge is 0.479 e. The van der Waals surface area contributed by atoms with Crippen LogP contribution >= 0.6 is 11.3 Å². The molecule has 106 valence electrons. The molecule has 2 heterocycles. The van der Waals surface area contributed by atoms with E-state index in [0.29, 0.717) is 16.4 Å². The molecule has 0 aromatic carbocycles. The molecular formula is C11H13N5O3S. The Kier molecular flexibility index (Phi) is 3.99. The van der Waals surface area contributed by atoms with Crippen molar-refractivity contribution in [2.45, 2.75) is 12.5 Å². The second kappa shape index (κ2) is 5.70. The van der Waals surface area contributed by atoms with Gasteiger partial charge in [0.2, 0.25) is 5.91 Å². The molecule has 0 saturated carbocycles. The number of aryl methyl sites for hydroxylation is 1. The molecule has 0 aliphatic rings. The number of hydrogen-bond donors (Lipinski definition) is 3. The Balaban J connectivity index is 2.05. The maximum atomic E-state index is 11.8. The van der Waals surface area contributed by atoms with Crippen LogP contribution in [0.4, 0.5) is 5.13 Å². The minimum absolute atomic E-state index is 0.0161. The zero-order chi connectivity index (χ0) is 14.7. The van der Waals surface area contributed by atoms with Crippen LogP contribution in [0, 0.1) is 0 Å². The minimum Gasteiger partial charge on any atom is -0.479 e. The van der Waals surface area contributed by atoms with Crippen LogP contribution in [0.15, 0.2) is 17.8 Å². The average Bonchev–Trinajstić information content (AvgIpc) is 2.95. The van der Waals surface area contributed by atoms with Crippen LogP contribution < -0.4 is 11.1 Å². The number of rotatable bonds is 5. The number of carbonyl (C=O) groups is 2. The van der Waals surface area contributed by atoms with Gasteiger partial charge in [-0.05, 0) is 0 Å². The number of carbonyl (C=O) groups excluding carboxylic acids is 1. The van der Waals surface area contributed by atoms with Crippen LogP contribution in [0.5, 0.6) is 0 Å². The molecule has 20 heavy (non-hydrogen) atoms. The lowest BCUT2D eigenvalue weighted by molar-refractivity contribution is -0.142. The number of thiazole rings is 1. The van der Waals surface area contributed by atoms with Gasteiger partial charge in [-0.2, -0.15) is 5.10 Å². The van der Waals surface area contributed by atoms with E-state index in [9.17, 15) is 9.59 Å². The van der Waals surface area contributed by atoms with E-state index in [4.69, 9.17) is 10.8 Å². The van der Waals surface area contributed by atoms with Crippen molar-refractivity contribution >= 4 is 28.3 Å². The van der Waals surface area contributed by atoms with Gasteiger partial charge in [0, 0.05) is 24.2 Å². The molecular weight excluding hydrogens is 282 g/mol. The van der Waals surface area contributed by atoms with Gasteiger partial charge in [0.05, 0.1) is 18.3 Å². The fourth-order valence-electron chi connectivity index (χ4n) is 1.66. The highest BCUT2D eigenvalue weighted by Crippen LogP contribution is 2.14. The van der Waals surface area contributed by atoms with Crippen LogP contribution in [0.1, 0.15) is 17.3 Å². The van der Waals surface area contributed by atoms with E-state index in [1.54, 1.807) is 18.6 Å². The third-order valence-electron chi connectivity index (χ3n) is 2.52. The van der Waals surface area contributed by atoms with Gasteiger partial charge in [0.15, 0.2) is 11.2 Å². The first-order chi connectivity index (χ1) is 9.45. The molecule has 0 fully saturated rings. The molecule has 1 atom stereocenters. The third-order valence-corrected chi connectivity index (χ3v) is 3.24. The number of carboxylic acids is 1. The molecule has 2 aromatic heterocycles. The number of aromatic nitrogens is 3. The lowest BCUT2D eigenvalue weighted by Gasteiger charge is -2.12. The summed E-state index contributed by atoms with van der Waals surface area (Å²) in [5.41, 5.74) is 6.39. The summed E-state index contributed by atoms with van der Waals surface area (Å²) in [6.07, 6.45) is 2.93. The summed E-state index contributed by atoms with van der Waals surface area (Å²) in [5, 5.41) is 17.5. The summed E-state index contributed by atoms with van der Waals surface area (Å²) in [4.78, 5) is 27.0. The van der Waals surface area contributed by atoms with Crippen LogP contribution in [-0.2, 0) is 23.1 Å². The first-order valence-electron chi connectivity index (χ1n) is 5.66. The number of nitrogens with two attached hydrogens (primary N) is 1. The maximum Gasteiger partial charge on any atom is 0.331 e. The summed E-state index contributed by atoms with van der Waals surface area (Å²) in [7, 11) is 1.67. The topological polar surface area (TPSA) is 123 Å². The smallest absolute Gasteiger partial charge is 0.331 e. The second-order valence-corrected chi connectivity index (χ2v) is 5.03. The summed E-state index contributed by atoms with van der Waals surface area (Å²) in [5.74, 6) is -1.59. The number of anilines is 1. The fraction of sp³-hybridized carbons (Fsp3) is 0.273. The van der Waals surface area contributed by atoms with E-state index in [1.165, 1.54) is 22.2 Å². The van der Waals surface area contributed by atoms with E-state index in [2.05, 4.69) is 15.4 Å². The Morgan fingerprint density at radius 2 is 2.35 bits per heavy atom. The number of carboxylic acid groups (broad SMARTS) is 1. The molecule has 0 aliphatic carbocycles. The fourth-order valence-corrected chi connectivity index (χ4v) is 2.22. The highest BCUT2D eigenvalue weighted by molar-refractivity contribution is 7.13. The highest BCUT2D eigenvalue weighted by Gasteiger charge is 2.23. The first-order valence-corrected chi connectivity index (χ1v) is 6.54. The van der Waals surface area contributed by atoms with Gasteiger partial charge in [-0.15, -0.1) is 11.3 Å². The van der Waals surface area contributed by atoms with Gasteiger partial charge in [-0.1, -0.05) is 0 Å². The number of nitrogen functional groups attached to an aromatic ring is 1. The number of aliphatic carboxylic acids is 1. The lowest BCUT2D eigenvalue weighted by atomic mass is 10.1. The van der Waals surface area contributed by atoms with Crippen molar-refractivity contribution in [1.82, 2.24) is 20.1 Å². The van der Waals surface area contributed by atoms with Gasteiger partial charge < -0.3 is 16.2 Å². The van der Waals surface area contributed by atoms with Crippen molar-refractivity contribution < 1.29 is 14.7 Å². The van der Waals surface area contributed by atoms with Crippen LogP contribution in [0.3, 0.4) is 0 Å². The van der Waals surface area contributed by atoms with E-state index in [1.807, 2.05) is 0 Å². The number of nitrogens with zero attached hydrogens (tertiary/aromatic N) is 3. The minimum atomic E-state index is -1.15. The Bertz CT molecular complexity index is 636. The molecule has 0 bridgehead atoms. The molecule has 2 aromatic rings. The molecule has 0 radical (unpaired) electrons. The molecule has 0 spiro atoms. The summed E-state index contributed by atoms with van der Waals surface area (Å²) in [6.45, 7) is 0. The molecule has 1 unspecified atom stereocenters. The van der Waals surface area contributed by atoms with Crippen molar-refractivity contribution in [3.05, 3.63) is 29.0 Å². The highest BCUT2D eigenvalue weighted by atomic mass is 32.1. The first kappa shape index (κ1) is 14.0. The quantitative estimate of drug-likeness (QED) is 0.710. The molecule has 0 aliphatic heterocycles. The number of nitrogens with one attached hydrogen (secondary N) is 1. The zero-order valence-electron chi connectivity index (χ0n) is 10.6. The van der Waals surface area contributed by atoms with Crippen LogP contribution in [0.25, 0.3) is 0 Å². The standard InChI is InChI=1S/C11H13N5O3S/c1-16-4-6(3-13-16)9(10(18)19)15-8(17)2-7-5-20-11(12)14-7/h3-5,9H,2H2,1H3,(H2,12,14)(H,15,17)(H,18,19). The van der Waals surface area contributed by atoms with Gasteiger partial charge in [0.25, 0.3) is 0 Å². The molecule has 9 heteroatoms. The summed E-state index contributed by atoms with van der Waals surface area (Å²) >= 11 is 1.23. The Labute approximate surface area is 118 Å². The Morgan fingerprint density at radius 1 is 1.60 bits per heavy atom. The molecule has 2 rings (SSSR count). The van der Waals surface area contributed by atoms with Gasteiger partial charge in [-0.3, -0.25) is 9.48 Å². The lowest BCUT2D eigenvalue weighted by Crippen LogP contribution is -2.34. The average molecular weight is 295 g/mol. The van der Waals surface area contributed by atoms with Crippen molar-refractivity contribution in [3.8, 4) is 0 Å². The molecule has 8 nitrogen and oxygen atoms in total. The number of hydrogen-bond acceptors (Lipinski definition) is 6. The molecule has 4 N–H and O–H groups in total. The van der Waals surface area contributed by atoms with E-state index in [-0.39, 0.29) is 6.42 Å². The predicted molar refractivity (Wildman–Crippen MR) is 72.0 cm³/mol.